The molecule has 1 unspecified atom stereocenters. The fraction of sp³-hybridized carbons (Fsp3) is 1.00. The SMILES string of the molecule is BC[C@]1(CN=O)CC1CN=O. The van der Waals surface area contributed by atoms with E-state index in [1.165, 1.54) is 0 Å². The minimum Gasteiger partial charge on any atom is -0.151 e. The van der Waals surface area contributed by atoms with Gasteiger partial charge in [0.2, 0.25) is 0 Å². The van der Waals surface area contributed by atoms with E-state index in [1.54, 1.807) is 0 Å². The molecule has 0 aromatic heterocycles. The topological polar surface area (TPSA) is 58.9 Å². The zero-order chi connectivity index (χ0) is 8.32. The van der Waals surface area contributed by atoms with E-state index in [2.05, 4.69) is 10.4 Å². The van der Waals surface area contributed by atoms with Crippen LogP contribution in [0.3, 0.4) is 0 Å². The van der Waals surface area contributed by atoms with Gasteiger partial charge < -0.3 is 0 Å². The molecule has 1 aliphatic rings. The van der Waals surface area contributed by atoms with Gasteiger partial charge in [0.25, 0.3) is 0 Å². The lowest BCUT2D eigenvalue weighted by molar-refractivity contribution is 0.519. The Labute approximate surface area is 66.1 Å². The summed E-state index contributed by atoms with van der Waals surface area (Å²) >= 11 is 0. The first-order chi connectivity index (χ1) is 5.29. The van der Waals surface area contributed by atoms with Crippen LogP contribution in [-0.2, 0) is 0 Å². The maximum Gasteiger partial charge on any atom is 0.102 e. The molecule has 5 heteroatoms. The summed E-state index contributed by atoms with van der Waals surface area (Å²) in [6.07, 6.45) is 1.87. The normalized spacial score (nSPS) is 34.7. The van der Waals surface area contributed by atoms with Gasteiger partial charge in [0, 0.05) is 0 Å². The molecule has 0 aromatic rings. The molecule has 0 bridgehead atoms. The summed E-state index contributed by atoms with van der Waals surface area (Å²) in [5, 5.41) is 5.71. The Balaban J connectivity index is 2.41. The molecule has 0 amide bonds. The monoisotopic (exact) mass is 154 g/mol. The third-order valence-electron chi connectivity index (χ3n) is 2.74. The fourth-order valence-corrected chi connectivity index (χ4v) is 1.65. The Morgan fingerprint density at radius 2 is 2.18 bits per heavy atom. The van der Waals surface area contributed by atoms with Crippen LogP contribution in [0.5, 0.6) is 0 Å². The van der Waals surface area contributed by atoms with E-state index in [0.717, 1.165) is 12.7 Å². The smallest absolute Gasteiger partial charge is 0.102 e. The summed E-state index contributed by atoms with van der Waals surface area (Å²) in [7, 11) is 2.02. The lowest BCUT2D eigenvalue weighted by Gasteiger charge is -2.07. The van der Waals surface area contributed by atoms with Gasteiger partial charge >= 0.3 is 0 Å². The largest absolute Gasteiger partial charge is 0.151 e. The van der Waals surface area contributed by atoms with Gasteiger partial charge in [-0.2, -0.15) is 9.81 Å². The van der Waals surface area contributed by atoms with Crippen molar-refractivity contribution in [3.8, 4) is 0 Å². The second-order valence-electron chi connectivity index (χ2n) is 3.22. The lowest BCUT2D eigenvalue weighted by Crippen LogP contribution is -2.08. The maximum absolute atomic E-state index is 10.0. The first-order valence-electron chi connectivity index (χ1n) is 3.87. The van der Waals surface area contributed by atoms with Crippen molar-refractivity contribution >= 4 is 7.85 Å². The molecule has 0 radical (unpaired) electrons. The molecule has 0 aliphatic heterocycles. The van der Waals surface area contributed by atoms with Gasteiger partial charge in [0.15, 0.2) is 0 Å². The van der Waals surface area contributed by atoms with Crippen LogP contribution >= 0.6 is 0 Å². The molecule has 11 heavy (non-hydrogen) atoms. The number of hydrogen-bond donors (Lipinski definition) is 0. The van der Waals surface area contributed by atoms with Gasteiger partial charge in [-0.1, -0.05) is 16.7 Å². The van der Waals surface area contributed by atoms with Crippen molar-refractivity contribution in [2.75, 3.05) is 13.1 Å². The molecule has 0 saturated heterocycles. The van der Waals surface area contributed by atoms with Crippen LogP contribution in [0.2, 0.25) is 6.32 Å². The standard InChI is InChI=1S/C6H11BN2O2/c7-3-6(4-9-11)1-5(6)2-8-10/h5H,1-4,7H2/t5?,6-/m0/s1. The van der Waals surface area contributed by atoms with Crippen LogP contribution in [-0.4, -0.2) is 20.9 Å². The average molecular weight is 154 g/mol. The average Bonchev–Trinajstić information content (AvgIpc) is 2.66. The maximum atomic E-state index is 10.0. The molecule has 1 rings (SSSR count). The molecule has 1 aliphatic carbocycles. The van der Waals surface area contributed by atoms with Gasteiger partial charge in [-0.05, 0) is 17.8 Å². The van der Waals surface area contributed by atoms with Crippen LogP contribution in [0, 0.1) is 21.1 Å². The molecule has 0 heterocycles. The highest BCUT2D eigenvalue weighted by Crippen LogP contribution is 2.55. The summed E-state index contributed by atoms with van der Waals surface area (Å²) in [6.45, 7) is 0.701. The van der Waals surface area contributed by atoms with E-state index in [1.807, 2.05) is 7.85 Å². The molecule has 0 N–H and O–H groups in total. The van der Waals surface area contributed by atoms with Crippen molar-refractivity contribution in [1.82, 2.24) is 0 Å². The van der Waals surface area contributed by atoms with E-state index < -0.39 is 0 Å². The zero-order valence-electron chi connectivity index (χ0n) is 6.62. The lowest BCUT2D eigenvalue weighted by atomic mass is 9.86. The quantitative estimate of drug-likeness (QED) is 0.429. The van der Waals surface area contributed by atoms with Gasteiger partial charge in [-0.3, -0.25) is 0 Å². The Bertz CT molecular complexity index is 176. The van der Waals surface area contributed by atoms with Crippen LogP contribution in [0.4, 0.5) is 0 Å². The van der Waals surface area contributed by atoms with Gasteiger partial charge in [-0.25, -0.2) is 0 Å². The molecule has 1 fully saturated rings. The summed E-state index contributed by atoms with van der Waals surface area (Å²) < 4.78 is 0. The molecule has 0 spiro atoms. The third kappa shape index (κ3) is 1.47. The van der Waals surface area contributed by atoms with Crippen molar-refractivity contribution in [2.24, 2.45) is 21.7 Å². The first kappa shape index (κ1) is 8.36. The van der Waals surface area contributed by atoms with Crippen LogP contribution in [0.1, 0.15) is 6.42 Å². The van der Waals surface area contributed by atoms with E-state index in [4.69, 9.17) is 0 Å². The molecular formula is C6H11BN2O2. The second kappa shape index (κ2) is 3.11. The molecule has 4 nitrogen and oxygen atoms in total. The van der Waals surface area contributed by atoms with Gasteiger partial charge in [-0.15, -0.1) is 0 Å². The first-order valence-corrected chi connectivity index (χ1v) is 3.87. The van der Waals surface area contributed by atoms with E-state index in [-0.39, 0.29) is 5.41 Å². The number of hydrogen-bond acceptors (Lipinski definition) is 4. The van der Waals surface area contributed by atoms with Crippen molar-refractivity contribution < 1.29 is 0 Å². The molecule has 1 saturated carbocycles. The fourth-order valence-electron chi connectivity index (χ4n) is 1.65. The highest BCUT2D eigenvalue weighted by Gasteiger charge is 2.52. The number of nitroso groups, excluding NO2 is 2. The van der Waals surface area contributed by atoms with Gasteiger partial charge in [0.05, 0.1) is 13.1 Å². The van der Waals surface area contributed by atoms with Crippen LogP contribution < -0.4 is 0 Å². The number of nitrogens with zero attached hydrogens (tertiary/aromatic N) is 2. The molecule has 2 atom stereocenters. The van der Waals surface area contributed by atoms with Crippen molar-refractivity contribution in [2.45, 2.75) is 12.7 Å². The van der Waals surface area contributed by atoms with Crippen molar-refractivity contribution in [1.29, 1.82) is 0 Å². The summed E-state index contributed by atoms with van der Waals surface area (Å²) in [5.41, 5.74) is 0.0374. The summed E-state index contributed by atoms with van der Waals surface area (Å²) in [5.74, 6) is 0.322. The number of rotatable bonds is 5. The minimum atomic E-state index is 0.0374. The Morgan fingerprint density at radius 1 is 1.45 bits per heavy atom. The predicted molar refractivity (Wildman–Crippen MR) is 45.2 cm³/mol. The van der Waals surface area contributed by atoms with E-state index in [9.17, 15) is 9.81 Å². The highest BCUT2D eigenvalue weighted by atomic mass is 16.3. The van der Waals surface area contributed by atoms with Gasteiger partial charge in [0.1, 0.15) is 7.85 Å². The Morgan fingerprint density at radius 3 is 2.64 bits per heavy atom. The Hall–Kier alpha value is -0.735. The zero-order valence-corrected chi connectivity index (χ0v) is 6.62. The summed E-state index contributed by atoms with van der Waals surface area (Å²) in [4.78, 5) is 19.9. The minimum absolute atomic E-state index is 0.0374. The van der Waals surface area contributed by atoms with Crippen molar-refractivity contribution in [3.63, 3.8) is 0 Å². The second-order valence-corrected chi connectivity index (χ2v) is 3.22. The third-order valence-corrected chi connectivity index (χ3v) is 2.74. The van der Waals surface area contributed by atoms with Crippen LogP contribution in [0.25, 0.3) is 0 Å². The highest BCUT2D eigenvalue weighted by molar-refractivity contribution is 6.09. The Kier molecular flexibility index (Phi) is 2.36. The molecule has 60 valence electrons. The molecular weight excluding hydrogens is 143 g/mol. The van der Waals surface area contributed by atoms with E-state index in [0.29, 0.717) is 19.0 Å². The van der Waals surface area contributed by atoms with E-state index >= 15 is 0 Å². The predicted octanol–water partition coefficient (Wildman–Crippen LogP) is 0.577. The summed E-state index contributed by atoms with van der Waals surface area (Å²) in [6, 6.07) is 0. The molecule has 0 aromatic carbocycles. The van der Waals surface area contributed by atoms with Crippen molar-refractivity contribution in [3.05, 3.63) is 9.81 Å². The van der Waals surface area contributed by atoms with Crippen LogP contribution in [0.15, 0.2) is 10.4 Å².